The van der Waals surface area contributed by atoms with Crippen LogP contribution in [-0.2, 0) is 9.47 Å². The zero-order chi connectivity index (χ0) is 18.8. The lowest BCUT2D eigenvalue weighted by molar-refractivity contribution is 0.106. The number of piperidine rings is 1. The Morgan fingerprint density at radius 3 is 2.54 bits per heavy atom. The molecule has 2 N–H and O–H groups in total. The van der Waals surface area contributed by atoms with Crippen molar-refractivity contribution in [1.82, 2.24) is 15.5 Å². The fourth-order valence-corrected chi connectivity index (χ4v) is 3.11. The van der Waals surface area contributed by atoms with Gasteiger partial charge in [0, 0.05) is 53.5 Å². The molecule has 146 valence electrons. The summed E-state index contributed by atoms with van der Waals surface area (Å²) < 4.78 is 23.8. The van der Waals surface area contributed by atoms with Crippen molar-refractivity contribution in [3.8, 4) is 0 Å². The molecule has 0 amide bonds. The highest BCUT2D eigenvalue weighted by atomic mass is 19.1. The topological polar surface area (TPSA) is 58.1 Å². The van der Waals surface area contributed by atoms with Crippen LogP contribution in [0.1, 0.15) is 24.5 Å². The van der Waals surface area contributed by atoms with Crippen LogP contribution in [0.5, 0.6) is 0 Å². The normalized spacial score (nSPS) is 17.9. The van der Waals surface area contributed by atoms with Crippen molar-refractivity contribution in [3.63, 3.8) is 0 Å². The van der Waals surface area contributed by atoms with E-state index in [9.17, 15) is 4.39 Å². The van der Waals surface area contributed by atoms with Crippen molar-refractivity contribution >= 4 is 5.96 Å². The fraction of sp³-hybridized carbons (Fsp3) is 0.632. The second kappa shape index (κ2) is 11.1. The Morgan fingerprint density at radius 2 is 1.96 bits per heavy atom. The molecule has 1 unspecified atom stereocenters. The Bertz CT molecular complexity index is 545. The predicted octanol–water partition coefficient (Wildman–Crippen LogP) is 1.79. The monoisotopic (exact) mass is 366 g/mol. The van der Waals surface area contributed by atoms with Crippen LogP contribution in [-0.4, -0.2) is 71.0 Å². The molecular formula is C19H31FN4O2. The molecule has 0 aliphatic carbocycles. The third-order valence-corrected chi connectivity index (χ3v) is 4.74. The summed E-state index contributed by atoms with van der Waals surface area (Å²) in [7, 11) is 5.16. The number of aliphatic imine (C=N–C) groups is 1. The van der Waals surface area contributed by atoms with E-state index in [0.717, 1.165) is 50.6 Å². The highest BCUT2D eigenvalue weighted by molar-refractivity contribution is 5.80. The van der Waals surface area contributed by atoms with Gasteiger partial charge in [-0.2, -0.15) is 0 Å². The molecule has 1 aromatic rings. The van der Waals surface area contributed by atoms with Gasteiger partial charge in [0.05, 0.1) is 12.7 Å². The minimum atomic E-state index is -0.245. The Balaban J connectivity index is 1.77. The van der Waals surface area contributed by atoms with E-state index in [1.165, 1.54) is 12.1 Å². The Labute approximate surface area is 155 Å². The van der Waals surface area contributed by atoms with Gasteiger partial charge in [-0.15, -0.1) is 0 Å². The molecule has 0 saturated carbocycles. The molecule has 1 aliphatic rings. The van der Waals surface area contributed by atoms with Crippen molar-refractivity contribution in [2.24, 2.45) is 4.99 Å². The maximum absolute atomic E-state index is 13.1. The maximum atomic E-state index is 13.1. The molecule has 0 aromatic heterocycles. The summed E-state index contributed by atoms with van der Waals surface area (Å²) in [5, 5.41) is 6.80. The number of methoxy groups -OCH3 is 2. The first-order chi connectivity index (χ1) is 12.7. The molecular weight excluding hydrogens is 335 g/mol. The van der Waals surface area contributed by atoms with Gasteiger partial charge in [0.25, 0.3) is 0 Å². The van der Waals surface area contributed by atoms with Gasteiger partial charge in [0.15, 0.2) is 5.96 Å². The number of rotatable bonds is 8. The smallest absolute Gasteiger partial charge is 0.191 e. The predicted molar refractivity (Wildman–Crippen MR) is 102 cm³/mol. The van der Waals surface area contributed by atoms with Gasteiger partial charge in [-0.3, -0.25) is 4.99 Å². The first-order valence-electron chi connectivity index (χ1n) is 9.13. The summed E-state index contributed by atoms with van der Waals surface area (Å²) in [5.74, 6) is 0.524. The van der Waals surface area contributed by atoms with E-state index in [1.807, 2.05) is 0 Å². The molecule has 0 spiro atoms. The molecule has 1 fully saturated rings. The molecule has 1 heterocycles. The van der Waals surface area contributed by atoms with Crippen molar-refractivity contribution in [3.05, 3.63) is 35.6 Å². The average Bonchev–Trinajstić information content (AvgIpc) is 2.68. The third-order valence-electron chi connectivity index (χ3n) is 4.74. The van der Waals surface area contributed by atoms with E-state index in [4.69, 9.17) is 9.47 Å². The van der Waals surface area contributed by atoms with E-state index in [-0.39, 0.29) is 11.9 Å². The molecule has 1 aliphatic heterocycles. The summed E-state index contributed by atoms with van der Waals surface area (Å²) >= 11 is 0. The van der Waals surface area contributed by atoms with Crippen molar-refractivity contribution in [1.29, 1.82) is 0 Å². The Morgan fingerprint density at radius 1 is 1.27 bits per heavy atom. The van der Waals surface area contributed by atoms with Crippen LogP contribution < -0.4 is 10.6 Å². The number of nitrogens with one attached hydrogen (secondary N) is 2. The largest absolute Gasteiger partial charge is 0.383 e. The molecule has 7 heteroatoms. The fourth-order valence-electron chi connectivity index (χ4n) is 3.11. The lowest BCUT2D eigenvalue weighted by Crippen LogP contribution is -2.49. The van der Waals surface area contributed by atoms with Crippen molar-refractivity contribution in [2.45, 2.75) is 25.0 Å². The van der Waals surface area contributed by atoms with E-state index in [0.29, 0.717) is 12.6 Å². The molecule has 1 atom stereocenters. The van der Waals surface area contributed by atoms with E-state index in [2.05, 4.69) is 20.5 Å². The number of hydrogen-bond acceptors (Lipinski definition) is 4. The number of halogens is 1. The second-order valence-electron chi connectivity index (χ2n) is 6.48. The lowest BCUT2D eigenvalue weighted by Gasteiger charge is -2.33. The zero-order valence-electron chi connectivity index (χ0n) is 16.0. The minimum Gasteiger partial charge on any atom is -0.383 e. The van der Waals surface area contributed by atoms with Gasteiger partial charge in [-0.1, -0.05) is 12.1 Å². The van der Waals surface area contributed by atoms with Crippen LogP contribution in [0, 0.1) is 5.82 Å². The first-order valence-corrected chi connectivity index (χ1v) is 9.13. The van der Waals surface area contributed by atoms with Crippen molar-refractivity contribution in [2.75, 3.05) is 54.1 Å². The third kappa shape index (κ3) is 6.55. The lowest BCUT2D eigenvalue weighted by atomic mass is 10.1. The van der Waals surface area contributed by atoms with Gasteiger partial charge in [0.2, 0.25) is 0 Å². The molecule has 2 rings (SSSR count). The van der Waals surface area contributed by atoms with E-state index >= 15 is 0 Å². The van der Waals surface area contributed by atoms with Crippen LogP contribution in [0.3, 0.4) is 0 Å². The first kappa shape index (κ1) is 20.6. The van der Waals surface area contributed by atoms with Crippen molar-refractivity contribution < 1.29 is 13.9 Å². The summed E-state index contributed by atoms with van der Waals surface area (Å²) in [6.07, 6.45) is 2.00. The van der Waals surface area contributed by atoms with Gasteiger partial charge in [0.1, 0.15) is 5.82 Å². The zero-order valence-corrected chi connectivity index (χ0v) is 16.0. The van der Waals surface area contributed by atoms with Gasteiger partial charge < -0.3 is 25.0 Å². The van der Waals surface area contributed by atoms with Crippen LogP contribution in [0.25, 0.3) is 0 Å². The van der Waals surface area contributed by atoms with Crippen LogP contribution in [0.15, 0.2) is 29.3 Å². The Hall–Kier alpha value is -1.70. The standard InChI is InChI=1S/C19H31FN4O2/c1-21-19(23-17-8-10-24(11-9-17)12-13-25-2)22-14-18(26-3)15-4-6-16(20)7-5-15/h4-7,17-18H,8-14H2,1-3H3,(H2,21,22,23). The minimum absolute atomic E-state index is 0.162. The number of benzene rings is 1. The number of nitrogens with zero attached hydrogens (tertiary/aromatic N) is 2. The molecule has 6 nitrogen and oxygen atoms in total. The van der Waals surface area contributed by atoms with Gasteiger partial charge in [-0.25, -0.2) is 4.39 Å². The maximum Gasteiger partial charge on any atom is 0.191 e. The molecule has 0 radical (unpaired) electrons. The quantitative estimate of drug-likeness (QED) is 0.543. The summed E-state index contributed by atoms with van der Waals surface area (Å²) in [6.45, 7) is 4.46. The van der Waals surface area contributed by atoms with Crippen LogP contribution >= 0.6 is 0 Å². The molecule has 1 saturated heterocycles. The molecule has 1 aromatic carbocycles. The van der Waals surface area contributed by atoms with Crippen LogP contribution in [0.4, 0.5) is 4.39 Å². The number of guanidine groups is 1. The summed E-state index contributed by atoms with van der Waals surface area (Å²) in [6, 6.07) is 6.80. The summed E-state index contributed by atoms with van der Waals surface area (Å²) in [4.78, 5) is 6.73. The van der Waals surface area contributed by atoms with E-state index in [1.54, 1.807) is 33.4 Å². The van der Waals surface area contributed by atoms with Gasteiger partial charge >= 0.3 is 0 Å². The summed E-state index contributed by atoms with van der Waals surface area (Å²) in [5.41, 5.74) is 0.934. The number of hydrogen-bond donors (Lipinski definition) is 2. The van der Waals surface area contributed by atoms with Gasteiger partial charge in [-0.05, 0) is 30.5 Å². The second-order valence-corrected chi connectivity index (χ2v) is 6.48. The highest BCUT2D eigenvalue weighted by Crippen LogP contribution is 2.16. The number of likely N-dealkylation sites (tertiary alicyclic amines) is 1. The Kier molecular flexibility index (Phi) is 8.80. The average molecular weight is 366 g/mol. The highest BCUT2D eigenvalue weighted by Gasteiger charge is 2.20. The molecule has 26 heavy (non-hydrogen) atoms. The van der Waals surface area contributed by atoms with E-state index < -0.39 is 0 Å². The SMILES string of the molecule is CN=C(NCC(OC)c1ccc(F)cc1)NC1CCN(CCOC)CC1. The van der Waals surface area contributed by atoms with Crippen LogP contribution in [0.2, 0.25) is 0 Å². The molecule has 0 bridgehead atoms. The number of ether oxygens (including phenoxy) is 2.